The van der Waals surface area contributed by atoms with Crippen LogP contribution in [-0.2, 0) is 9.53 Å². The summed E-state index contributed by atoms with van der Waals surface area (Å²) in [6.07, 6.45) is 1.62. The molecule has 6 heteroatoms. The topological polar surface area (TPSA) is 81.4 Å². The van der Waals surface area contributed by atoms with Crippen molar-refractivity contribution in [3.8, 4) is 22.8 Å². The van der Waals surface area contributed by atoms with Gasteiger partial charge in [0.05, 0.1) is 17.3 Å². The Balaban J connectivity index is 1.73. The van der Waals surface area contributed by atoms with Crippen molar-refractivity contribution >= 4 is 11.9 Å². The molecule has 1 N–H and O–H groups in total. The normalized spacial score (nSPS) is 11.9. The number of ether oxygens (including phenoxy) is 1. The Morgan fingerprint density at radius 1 is 1.03 bits per heavy atom. The molecule has 0 bridgehead atoms. The van der Waals surface area contributed by atoms with Crippen LogP contribution in [-0.4, -0.2) is 29.5 Å². The number of nitrogens with zero attached hydrogens (tertiary/aromatic N) is 1. The van der Waals surface area contributed by atoms with Crippen molar-refractivity contribution in [2.45, 2.75) is 26.8 Å². The number of hydrogen-bond acceptors (Lipinski definition) is 5. The van der Waals surface area contributed by atoms with Gasteiger partial charge in [-0.25, -0.2) is 9.78 Å². The van der Waals surface area contributed by atoms with Crippen LogP contribution in [0.4, 0.5) is 0 Å². The van der Waals surface area contributed by atoms with Gasteiger partial charge in [0, 0.05) is 11.6 Å². The Bertz CT molecular complexity index is 979. The monoisotopic (exact) mass is 392 g/mol. The van der Waals surface area contributed by atoms with Crippen LogP contribution in [0.25, 0.3) is 22.8 Å². The summed E-state index contributed by atoms with van der Waals surface area (Å²) in [7, 11) is 0. The van der Waals surface area contributed by atoms with Crippen molar-refractivity contribution in [3.63, 3.8) is 0 Å². The van der Waals surface area contributed by atoms with Crippen molar-refractivity contribution < 1.29 is 18.7 Å². The van der Waals surface area contributed by atoms with Gasteiger partial charge in [-0.05, 0) is 25.0 Å². The first-order valence-corrected chi connectivity index (χ1v) is 9.53. The molecule has 29 heavy (non-hydrogen) atoms. The number of esters is 1. The lowest BCUT2D eigenvalue weighted by Crippen LogP contribution is -2.38. The largest absolute Gasteiger partial charge is 0.452 e. The molecule has 0 saturated heterocycles. The molecule has 0 saturated carbocycles. The number of hydrogen-bond donors (Lipinski definition) is 1. The molecule has 6 nitrogen and oxygen atoms in total. The quantitative estimate of drug-likeness (QED) is 0.606. The third-order valence-corrected chi connectivity index (χ3v) is 4.66. The number of aromatic nitrogens is 1. The van der Waals surface area contributed by atoms with Crippen molar-refractivity contribution in [1.29, 1.82) is 0 Å². The van der Waals surface area contributed by atoms with Crippen LogP contribution in [0.2, 0.25) is 0 Å². The molecule has 150 valence electrons. The molecular weight excluding hydrogens is 368 g/mol. The summed E-state index contributed by atoms with van der Waals surface area (Å²) in [6, 6.07) is 16.4. The zero-order valence-corrected chi connectivity index (χ0v) is 16.7. The summed E-state index contributed by atoms with van der Waals surface area (Å²) in [5.74, 6) is 0.270. The summed E-state index contributed by atoms with van der Waals surface area (Å²) >= 11 is 0. The van der Waals surface area contributed by atoms with Gasteiger partial charge in [0.25, 0.3) is 5.91 Å². The minimum Gasteiger partial charge on any atom is -0.452 e. The van der Waals surface area contributed by atoms with Crippen LogP contribution in [0.1, 0.15) is 31.1 Å². The first-order chi connectivity index (χ1) is 14.0. The molecule has 3 aromatic rings. The fraction of sp³-hybridized carbons (Fsp3) is 0.261. The molecule has 1 heterocycles. The molecule has 1 amide bonds. The third-order valence-electron chi connectivity index (χ3n) is 4.66. The Hall–Kier alpha value is -3.41. The maximum atomic E-state index is 12.6. The summed E-state index contributed by atoms with van der Waals surface area (Å²) in [6.45, 7) is 5.58. The fourth-order valence-corrected chi connectivity index (χ4v) is 2.65. The predicted octanol–water partition coefficient (Wildman–Crippen LogP) is 4.33. The van der Waals surface area contributed by atoms with Gasteiger partial charge in [-0.3, -0.25) is 4.79 Å². The Morgan fingerprint density at radius 2 is 1.72 bits per heavy atom. The van der Waals surface area contributed by atoms with Crippen LogP contribution in [0, 0.1) is 5.92 Å². The van der Waals surface area contributed by atoms with Crippen molar-refractivity contribution in [2.24, 2.45) is 5.92 Å². The highest BCUT2D eigenvalue weighted by Gasteiger charge is 2.19. The van der Waals surface area contributed by atoms with E-state index in [0.717, 1.165) is 5.56 Å². The fourth-order valence-electron chi connectivity index (χ4n) is 2.65. The molecule has 0 aliphatic rings. The van der Waals surface area contributed by atoms with E-state index in [-0.39, 0.29) is 18.6 Å². The van der Waals surface area contributed by atoms with Gasteiger partial charge in [0.15, 0.2) is 12.4 Å². The Kier molecular flexibility index (Phi) is 6.44. The minimum absolute atomic E-state index is 0.00258. The van der Waals surface area contributed by atoms with Gasteiger partial charge in [-0.1, -0.05) is 56.3 Å². The first kappa shape index (κ1) is 20.3. The lowest BCUT2D eigenvalue weighted by Gasteiger charge is -2.17. The van der Waals surface area contributed by atoms with Crippen molar-refractivity contribution in [1.82, 2.24) is 10.3 Å². The van der Waals surface area contributed by atoms with E-state index in [1.807, 2.05) is 51.1 Å². The van der Waals surface area contributed by atoms with Gasteiger partial charge in [-0.2, -0.15) is 0 Å². The SMILES string of the molecule is CC(C)[C@H](C)NC(=O)COC(=O)c1ccccc1-c1ncc(-c2ccccc2)o1. The van der Waals surface area contributed by atoms with Gasteiger partial charge in [-0.15, -0.1) is 0 Å². The molecule has 0 unspecified atom stereocenters. The van der Waals surface area contributed by atoms with E-state index >= 15 is 0 Å². The average Bonchev–Trinajstić information content (AvgIpc) is 3.22. The molecule has 0 fully saturated rings. The Morgan fingerprint density at radius 3 is 2.45 bits per heavy atom. The molecule has 0 spiro atoms. The molecule has 0 aliphatic heterocycles. The maximum Gasteiger partial charge on any atom is 0.339 e. The highest BCUT2D eigenvalue weighted by atomic mass is 16.5. The summed E-state index contributed by atoms with van der Waals surface area (Å²) in [4.78, 5) is 28.9. The number of nitrogens with one attached hydrogen (secondary N) is 1. The maximum absolute atomic E-state index is 12.6. The number of carbonyl (C=O) groups is 2. The molecule has 0 radical (unpaired) electrons. The van der Waals surface area contributed by atoms with Crippen LogP contribution >= 0.6 is 0 Å². The smallest absolute Gasteiger partial charge is 0.339 e. The minimum atomic E-state index is -0.604. The zero-order chi connectivity index (χ0) is 20.8. The standard InChI is InChI=1S/C23H24N2O4/c1-15(2)16(3)25-21(26)14-28-23(27)19-12-8-7-11-18(19)22-24-13-20(29-22)17-9-5-4-6-10-17/h4-13,15-16H,14H2,1-3H3,(H,25,26)/t16-/m0/s1. The van der Waals surface area contributed by atoms with Gasteiger partial charge in [0.2, 0.25) is 5.89 Å². The number of oxazole rings is 1. The highest BCUT2D eigenvalue weighted by Crippen LogP contribution is 2.28. The molecule has 3 rings (SSSR count). The third kappa shape index (κ3) is 5.10. The van der Waals surface area contributed by atoms with E-state index in [9.17, 15) is 9.59 Å². The Labute approximate surface area is 169 Å². The van der Waals surface area contributed by atoms with Crippen molar-refractivity contribution in [3.05, 3.63) is 66.4 Å². The van der Waals surface area contributed by atoms with E-state index < -0.39 is 5.97 Å². The summed E-state index contributed by atoms with van der Waals surface area (Å²) in [5.41, 5.74) is 1.69. The molecule has 0 aliphatic carbocycles. The van der Waals surface area contributed by atoms with Crippen LogP contribution in [0.5, 0.6) is 0 Å². The first-order valence-electron chi connectivity index (χ1n) is 9.53. The number of benzene rings is 2. The number of carbonyl (C=O) groups excluding carboxylic acids is 2. The second-order valence-electron chi connectivity index (χ2n) is 7.12. The van der Waals surface area contributed by atoms with E-state index in [1.54, 1.807) is 30.5 Å². The zero-order valence-electron chi connectivity index (χ0n) is 16.7. The van der Waals surface area contributed by atoms with Gasteiger partial charge < -0.3 is 14.5 Å². The van der Waals surface area contributed by atoms with E-state index in [1.165, 1.54) is 0 Å². The van der Waals surface area contributed by atoms with E-state index in [2.05, 4.69) is 10.3 Å². The van der Waals surface area contributed by atoms with E-state index in [4.69, 9.17) is 9.15 Å². The average molecular weight is 392 g/mol. The van der Waals surface area contributed by atoms with E-state index in [0.29, 0.717) is 28.7 Å². The van der Waals surface area contributed by atoms with Crippen LogP contribution < -0.4 is 5.32 Å². The van der Waals surface area contributed by atoms with Gasteiger partial charge >= 0.3 is 5.97 Å². The molecular formula is C23H24N2O4. The number of amides is 1. The summed E-state index contributed by atoms with van der Waals surface area (Å²) in [5, 5.41) is 2.81. The van der Waals surface area contributed by atoms with Gasteiger partial charge in [0.1, 0.15) is 0 Å². The highest BCUT2D eigenvalue weighted by molar-refractivity contribution is 5.97. The summed E-state index contributed by atoms with van der Waals surface area (Å²) < 4.78 is 11.1. The molecule has 1 aromatic heterocycles. The van der Waals surface area contributed by atoms with Crippen LogP contribution in [0.3, 0.4) is 0 Å². The molecule has 1 atom stereocenters. The van der Waals surface area contributed by atoms with Crippen molar-refractivity contribution in [2.75, 3.05) is 6.61 Å². The van der Waals surface area contributed by atoms with Crippen LogP contribution in [0.15, 0.2) is 65.2 Å². The second kappa shape index (κ2) is 9.19. The lowest BCUT2D eigenvalue weighted by atomic mass is 10.1. The molecule has 2 aromatic carbocycles. The predicted molar refractivity (Wildman–Crippen MR) is 110 cm³/mol. The lowest BCUT2D eigenvalue weighted by molar-refractivity contribution is -0.125. The number of rotatable bonds is 7. The second-order valence-corrected chi connectivity index (χ2v) is 7.12.